The molecule has 1 amide bonds. The molecule has 0 saturated heterocycles. The first-order valence-electron chi connectivity index (χ1n) is 7.68. The van der Waals surface area contributed by atoms with E-state index in [0.29, 0.717) is 18.6 Å². The molecule has 3 nitrogen and oxygen atoms in total. The minimum Gasteiger partial charge on any atom is -0.325 e. The van der Waals surface area contributed by atoms with Crippen molar-refractivity contribution in [1.29, 1.82) is 0 Å². The van der Waals surface area contributed by atoms with Gasteiger partial charge in [-0.15, -0.1) is 0 Å². The predicted octanol–water partition coefficient (Wildman–Crippen LogP) is 3.59. The molecule has 0 aromatic heterocycles. The summed E-state index contributed by atoms with van der Waals surface area (Å²) >= 11 is 0. The lowest BCUT2D eigenvalue weighted by atomic mass is 10.1. The van der Waals surface area contributed by atoms with Crippen molar-refractivity contribution >= 4 is 11.6 Å². The number of carbonyl (C=O) groups excluding carboxylic acids is 1. The van der Waals surface area contributed by atoms with E-state index in [2.05, 4.69) is 24.1 Å². The molecule has 0 radical (unpaired) electrons. The Morgan fingerprint density at radius 2 is 1.85 bits per heavy atom. The SMILES string of the molecule is Cc1ccc(NC(=O)CN(C(C)C)C2CCCC2)cc1. The molecular weight excluding hydrogens is 248 g/mol. The van der Waals surface area contributed by atoms with Crippen LogP contribution in [0.25, 0.3) is 0 Å². The third kappa shape index (κ3) is 4.07. The van der Waals surface area contributed by atoms with Crippen molar-refractivity contribution in [2.75, 3.05) is 11.9 Å². The minimum absolute atomic E-state index is 0.0921. The zero-order valence-corrected chi connectivity index (χ0v) is 12.9. The van der Waals surface area contributed by atoms with Crippen molar-refractivity contribution in [2.24, 2.45) is 0 Å². The molecule has 0 heterocycles. The highest BCUT2D eigenvalue weighted by molar-refractivity contribution is 5.92. The topological polar surface area (TPSA) is 32.3 Å². The summed E-state index contributed by atoms with van der Waals surface area (Å²) in [5.41, 5.74) is 2.09. The summed E-state index contributed by atoms with van der Waals surface area (Å²) in [6, 6.07) is 8.96. The van der Waals surface area contributed by atoms with Gasteiger partial charge in [0.1, 0.15) is 0 Å². The smallest absolute Gasteiger partial charge is 0.238 e. The number of nitrogens with zero attached hydrogens (tertiary/aromatic N) is 1. The molecule has 1 N–H and O–H groups in total. The summed E-state index contributed by atoms with van der Waals surface area (Å²) in [6.07, 6.45) is 5.06. The van der Waals surface area contributed by atoms with E-state index >= 15 is 0 Å². The van der Waals surface area contributed by atoms with Crippen LogP contribution in [0.4, 0.5) is 5.69 Å². The molecule has 0 aliphatic heterocycles. The van der Waals surface area contributed by atoms with Gasteiger partial charge in [0.2, 0.25) is 5.91 Å². The lowest BCUT2D eigenvalue weighted by molar-refractivity contribution is -0.118. The summed E-state index contributed by atoms with van der Waals surface area (Å²) in [4.78, 5) is 14.6. The van der Waals surface area contributed by atoms with Gasteiger partial charge in [0.15, 0.2) is 0 Å². The minimum atomic E-state index is 0.0921. The second-order valence-corrected chi connectivity index (χ2v) is 6.12. The Bertz CT molecular complexity index is 433. The van der Waals surface area contributed by atoms with Crippen LogP contribution < -0.4 is 5.32 Å². The Labute approximate surface area is 122 Å². The molecule has 1 aliphatic rings. The highest BCUT2D eigenvalue weighted by Crippen LogP contribution is 2.25. The third-order valence-electron chi connectivity index (χ3n) is 4.12. The molecular formula is C17H26N2O. The van der Waals surface area contributed by atoms with Crippen LogP contribution in [0.5, 0.6) is 0 Å². The highest BCUT2D eigenvalue weighted by atomic mass is 16.2. The van der Waals surface area contributed by atoms with E-state index in [0.717, 1.165) is 5.69 Å². The number of benzene rings is 1. The number of rotatable bonds is 5. The molecule has 110 valence electrons. The van der Waals surface area contributed by atoms with Crippen LogP contribution >= 0.6 is 0 Å². The van der Waals surface area contributed by atoms with E-state index in [1.807, 2.05) is 31.2 Å². The first kappa shape index (κ1) is 15.0. The van der Waals surface area contributed by atoms with Crippen LogP contribution in [-0.4, -0.2) is 29.4 Å². The van der Waals surface area contributed by atoms with Gasteiger partial charge in [-0.1, -0.05) is 30.5 Å². The van der Waals surface area contributed by atoms with Gasteiger partial charge >= 0.3 is 0 Å². The fourth-order valence-electron chi connectivity index (χ4n) is 2.97. The molecule has 1 saturated carbocycles. The molecule has 1 fully saturated rings. The van der Waals surface area contributed by atoms with Gasteiger partial charge in [-0.25, -0.2) is 0 Å². The van der Waals surface area contributed by atoms with E-state index < -0.39 is 0 Å². The monoisotopic (exact) mass is 274 g/mol. The fourth-order valence-corrected chi connectivity index (χ4v) is 2.97. The number of hydrogen-bond donors (Lipinski definition) is 1. The first-order valence-corrected chi connectivity index (χ1v) is 7.68. The Hall–Kier alpha value is -1.35. The van der Waals surface area contributed by atoms with Crippen molar-refractivity contribution in [2.45, 2.75) is 58.5 Å². The third-order valence-corrected chi connectivity index (χ3v) is 4.12. The highest BCUT2D eigenvalue weighted by Gasteiger charge is 2.26. The van der Waals surface area contributed by atoms with Crippen LogP contribution in [0.2, 0.25) is 0 Å². The molecule has 0 bridgehead atoms. The quantitative estimate of drug-likeness (QED) is 0.890. The van der Waals surface area contributed by atoms with E-state index in [1.165, 1.54) is 31.2 Å². The van der Waals surface area contributed by atoms with Crippen LogP contribution in [0.1, 0.15) is 45.1 Å². The molecule has 0 unspecified atom stereocenters. The Kier molecular flexibility index (Phi) is 5.18. The summed E-state index contributed by atoms with van der Waals surface area (Å²) in [7, 11) is 0. The van der Waals surface area contributed by atoms with Crippen molar-refractivity contribution in [3.8, 4) is 0 Å². The average Bonchev–Trinajstić information content (AvgIpc) is 2.92. The second-order valence-electron chi connectivity index (χ2n) is 6.12. The number of nitrogens with one attached hydrogen (secondary N) is 1. The number of anilines is 1. The van der Waals surface area contributed by atoms with Crippen LogP contribution in [0.3, 0.4) is 0 Å². The van der Waals surface area contributed by atoms with Crippen LogP contribution in [-0.2, 0) is 4.79 Å². The van der Waals surface area contributed by atoms with Crippen molar-refractivity contribution in [3.05, 3.63) is 29.8 Å². The van der Waals surface area contributed by atoms with Crippen molar-refractivity contribution < 1.29 is 4.79 Å². The van der Waals surface area contributed by atoms with E-state index in [4.69, 9.17) is 0 Å². The Morgan fingerprint density at radius 3 is 2.40 bits per heavy atom. The van der Waals surface area contributed by atoms with E-state index in [9.17, 15) is 4.79 Å². The Morgan fingerprint density at radius 1 is 1.25 bits per heavy atom. The zero-order valence-electron chi connectivity index (χ0n) is 12.9. The maximum Gasteiger partial charge on any atom is 0.238 e. The van der Waals surface area contributed by atoms with Gasteiger partial charge in [-0.3, -0.25) is 9.69 Å². The summed E-state index contributed by atoms with van der Waals surface area (Å²) in [6.45, 7) is 6.90. The largest absolute Gasteiger partial charge is 0.325 e. The number of aryl methyl sites for hydroxylation is 1. The first-order chi connectivity index (χ1) is 9.56. The number of carbonyl (C=O) groups is 1. The molecule has 1 aromatic carbocycles. The summed E-state index contributed by atoms with van der Waals surface area (Å²) in [5, 5.41) is 3.00. The number of hydrogen-bond acceptors (Lipinski definition) is 2. The van der Waals surface area contributed by atoms with Gasteiger partial charge in [-0.2, -0.15) is 0 Å². The molecule has 20 heavy (non-hydrogen) atoms. The standard InChI is InChI=1S/C17H26N2O/c1-13(2)19(16-6-4-5-7-16)12-17(20)18-15-10-8-14(3)9-11-15/h8-11,13,16H,4-7,12H2,1-3H3,(H,18,20). The molecule has 1 aliphatic carbocycles. The Balaban J connectivity index is 1.92. The van der Waals surface area contributed by atoms with Gasteiger partial charge in [-0.05, 0) is 45.7 Å². The molecule has 3 heteroatoms. The van der Waals surface area contributed by atoms with Gasteiger partial charge in [0.25, 0.3) is 0 Å². The van der Waals surface area contributed by atoms with E-state index in [1.54, 1.807) is 0 Å². The van der Waals surface area contributed by atoms with Crippen LogP contribution in [0, 0.1) is 6.92 Å². The number of amides is 1. The predicted molar refractivity (Wildman–Crippen MR) is 83.9 cm³/mol. The zero-order chi connectivity index (χ0) is 14.5. The second kappa shape index (κ2) is 6.89. The van der Waals surface area contributed by atoms with Gasteiger partial charge < -0.3 is 5.32 Å². The van der Waals surface area contributed by atoms with Crippen molar-refractivity contribution in [3.63, 3.8) is 0 Å². The summed E-state index contributed by atoms with van der Waals surface area (Å²) in [5.74, 6) is 0.0921. The average molecular weight is 274 g/mol. The van der Waals surface area contributed by atoms with E-state index in [-0.39, 0.29) is 5.91 Å². The summed E-state index contributed by atoms with van der Waals surface area (Å²) < 4.78 is 0. The van der Waals surface area contributed by atoms with Gasteiger partial charge in [0.05, 0.1) is 6.54 Å². The maximum absolute atomic E-state index is 12.2. The molecule has 2 rings (SSSR count). The molecule has 0 atom stereocenters. The lowest BCUT2D eigenvalue weighted by Gasteiger charge is -2.31. The van der Waals surface area contributed by atoms with Gasteiger partial charge in [0, 0.05) is 17.8 Å². The van der Waals surface area contributed by atoms with Crippen LogP contribution in [0.15, 0.2) is 24.3 Å². The fraction of sp³-hybridized carbons (Fsp3) is 0.588. The van der Waals surface area contributed by atoms with Crippen molar-refractivity contribution in [1.82, 2.24) is 4.90 Å². The molecule has 1 aromatic rings. The maximum atomic E-state index is 12.2. The normalized spacial score (nSPS) is 16.1. The lowest BCUT2D eigenvalue weighted by Crippen LogP contribution is -2.43. The molecule has 0 spiro atoms.